The zero-order chi connectivity index (χ0) is 15.3. The predicted molar refractivity (Wildman–Crippen MR) is 93.3 cm³/mol. The lowest BCUT2D eigenvalue weighted by molar-refractivity contribution is 0.242. The van der Waals surface area contributed by atoms with Gasteiger partial charge in [-0.1, -0.05) is 25.0 Å². The fourth-order valence-electron chi connectivity index (χ4n) is 3.04. The quantitative estimate of drug-likeness (QED) is 0.782. The molecule has 21 heavy (non-hydrogen) atoms. The zero-order valence-corrected chi connectivity index (χ0v) is 14.6. The molecule has 118 valence electrons. The van der Waals surface area contributed by atoms with Gasteiger partial charge in [0, 0.05) is 17.3 Å². The standard InChI is InChI=1S/C18H29NOS/c1-14(2)20-17-9-7-16(8-10-17)15(3)19-13-18(21-4)11-5-6-12-18/h7-10,14-15,19H,5-6,11-13H2,1-4H3. The smallest absolute Gasteiger partial charge is 0.119 e. The number of hydrogen-bond acceptors (Lipinski definition) is 3. The van der Waals surface area contributed by atoms with Gasteiger partial charge in [-0.2, -0.15) is 11.8 Å². The van der Waals surface area contributed by atoms with E-state index in [2.05, 4.69) is 56.6 Å². The van der Waals surface area contributed by atoms with Crippen molar-refractivity contribution in [1.29, 1.82) is 0 Å². The van der Waals surface area contributed by atoms with E-state index in [0.29, 0.717) is 10.8 Å². The van der Waals surface area contributed by atoms with Crippen LogP contribution < -0.4 is 10.1 Å². The molecule has 0 saturated heterocycles. The van der Waals surface area contributed by atoms with Gasteiger partial charge in [0.2, 0.25) is 0 Å². The van der Waals surface area contributed by atoms with Crippen molar-refractivity contribution in [3.05, 3.63) is 29.8 Å². The summed E-state index contributed by atoms with van der Waals surface area (Å²) in [4.78, 5) is 0. The lowest BCUT2D eigenvalue weighted by Gasteiger charge is -2.29. The molecule has 1 fully saturated rings. The Hall–Kier alpha value is -0.670. The molecule has 1 atom stereocenters. The van der Waals surface area contributed by atoms with Gasteiger partial charge in [-0.05, 0) is 57.6 Å². The molecule has 0 aliphatic heterocycles. The number of ether oxygens (including phenoxy) is 1. The third kappa shape index (κ3) is 4.65. The average Bonchev–Trinajstić information content (AvgIpc) is 2.94. The Labute approximate surface area is 134 Å². The maximum absolute atomic E-state index is 5.70. The van der Waals surface area contributed by atoms with Crippen LogP contribution in [0.2, 0.25) is 0 Å². The van der Waals surface area contributed by atoms with Crippen molar-refractivity contribution < 1.29 is 4.74 Å². The maximum atomic E-state index is 5.70. The second-order valence-electron chi connectivity index (χ2n) is 6.43. The van der Waals surface area contributed by atoms with Crippen LogP contribution >= 0.6 is 11.8 Å². The van der Waals surface area contributed by atoms with Crippen molar-refractivity contribution in [2.75, 3.05) is 12.8 Å². The van der Waals surface area contributed by atoms with Gasteiger partial charge in [-0.15, -0.1) is 0 Å². The number of thioether (sulfide) groups is 1. The highest BCUT2D eigenvalue weighted by molar-refractivity contribution is 8.00. The number of nitrogens with one attached hydrogen (secondary N) is 1. The van der Waals surface area contributed by atoms with Crippen molar-refractivity contribution in [2.45, 2.75) is 63.3 Å². The summed E-state index contributed by atoms with van der Waals surface area (Å²) in [6.07, 6.45) is 7.98. The molecule has 0 bridgehead atoms. The Balaban J connectivity index is 1.89. The fraction of sp³-hybridized carbons (Fsp3) is 0.667. The van der Waals surface area contributed by atoms with Gasteiger partial charge in [0.05, 0.1) is 6.10 Å². The summed E-state index contributed by atoms with van der Waals surface area (Å²) in [5.74, 6) is 0.956. The van der Waals surface area contributed by atoms with Crippen molar-refractivity contribution in [3.63, 3.8) is 0 Å². The molecule has 3 heteroatoms. The van der Waals surface area contributed by atoms with Crippen molar-refractivity contribution in [2.24, 2.45) is 0 Å². The predicted octanol–water partition coefficient (Wildman–Crippen LogP) is 4.80. The van der Waals surface area contributed by atoms with Crippen LogP contribution in [-0.4, -0.2) is 23.7 Å². The van der Waals surface area contributed by atoms with Gasteiger partial charge in [-0.3, -0.25) is 0 Å². The second-order valence-corrected chi connectivity index (χ2v) is 7.71. The Morgan fingerprint density at radius 2 is 1.76 bits per heavy atom. The van der Waals surface area contributed by atoms with Crippen LogP contribution in [0.15, 0.2) is 24.3 Å². The van der Waals surface area contributed by atoms with Crippen LogP contribution in [0.4, 0.5) is 0 Å². The molecule has 1 unspecified atom stereocenters. The van der Waals surface area contributed by atoms with Gasteiger partial charge in [0.25, 0.3) is 0 Å². The van der Waals surface area contributed by atoms with E-state index in [1.165, 1.54) is 31.2 Å². The Bertz CT molecular complexity index is 423. The van der Waals surface area contributed by atoms with E-state index < -0.39 is 0 Å². The van der Waals surface area contributed by atoms with E-state index in [0.717, 1.165) is 12.3 Å². The molecule has 0 radical (unpaired) electrons. The third-order valence-corrected chi connectivity index (χ3v) is 5.85. The summed E-state index contributed by atoms with van der Waals surface area (Å²) in [7, 11) is 0. The minimum Gasteiger partial charge on any atom is -0.491 e. The van der Waals surface area contributed by atoms with Gasteiger partial charge in [0.1, 0.15) is 5.75 Å². The lowest BCUT2D eigenvalue weighted by atomic mass is 10.0. The first-order valence-electron chi connectivity index (χ1n) is 8.10. The fourth-order valence-corrected chi connectivity index (χ4v) is 3.96. The minimum atomic E-state index is 0.232. The average molecular weight is 308 g/mol. The highest BCUT2D eigenvalue weighted by Gasteiger charge is 2.32. The summed E-state index contributed by atoms with van der Waals surface area (Å²) in [5, 5.41) is 3.73. The van der Waals surface area contributed by atoms with Gasteiger partial charge < -0.3 is 10.1 Å². The largest absolute Gasteiger partial charge is 0.491 e. The van der Waals surface area contributed by atoms with E-state index in [1.807, 2.05) is 11.8 Å². The molecule has 1 aliphatic carbocycles. The van der Waals surface area contributed by atoms with Gasteiger partial charge >= 0.3 is 0 Å². The number of rotatable bonds is 7. The molecule has 0 spiro atoms. The molecule has 1 aliphatic rings. The molecular formula is C18H29NOS. The maximum Gasteiger partial charge on any atom is 0.119 e. The Morgan fingerprint density at radius 1 is 1.14 bits per heavy atom. The highest BCUT2D eigenvalue weighted by Crippen LogP contribution is 2.40. The van der Waals surface area contributed by atoms with Gasteiger partial charge in [0.15, 0.2) is 0 Å². The summed E-state index contributed by atoms with van der Waals surface area (Å²) < 4.78 is 6.17. The molecule has 0 amide bonds. The van der Waals surface area contributed by atoms with Gasteiger partial charge in [-0.25, -0.2) is 0 Å². The summed E-state index contributed by atoms with van der Waals surface area (Å²) >= 11 is 2.04. The summed E-state index contributed by atoms with van der Waals surface area (Å²) in [6, 6.07) is 8.90. The van der Waals surface area contributed by atoms with E-state index in [1.54, 1.807) is 0 Å². The molecule has 0 aromatic heterocycles. The molecule has 2 nitrogen and oxygen atoms in total. The van der Waals surface area contributed by atoms with Crippen LogP contribution in [0, 0.1) is 0 Å². The van der Waals surface area contributed by atoms with E-state index in [-0.39, 0.29) is 6.10 Å². The molecular weight excluding hydrogens is 278 g/mol. The molecule has 2 rings (SSSR count). The zero-order valence-electron chi connectivity index (χ0n) is 13.8. The molecule has 1 N–H and O–H groups in total. The second kappa shape index (κ2) is 7.55. The summed E-state index contributed by atoms with van der Waals surface area (Å²) in [5.41, 5.74) is 1.33. The SMILES string of the molecule is CSC1(CNC(C)c2ccc(OC(C)C)cc2)CCCC1. The van der Waals surface area contributed by atoms with Crippen LogP contribution in [0.3, 0.4) is 0 Å². The van der Waals surface area contributed by atoms with Crippen LogP contribution in [-0.2, 0) is 0 Å². The molecule has 1 aromatic carbocycles. The molecule has 0 heterocycles. The Morgan fingerprint density at radius 3 is 2.29 bits per heavy atom. The Kier molecular flexibility index (Phi) is 6.00. The van der Waals surface area contributed by atoms with Crippen LogP contribution in [0.25, 0.3) is 0 Å². The minimum absolute atomic E-state index is 0.232. The topological polar surface area (TPSA) is 21.3 Å². The first-order valence-corrected chi connectivity index (χ1v) is 9.32. The number of benzene rings is 1. The van der Waals surface area contributed by atoms with E-state index in [9.17, 15) is 0 Å². The van der Waals surface area contributed by atoms with E-state index in [4.69, 9.17) is 4.74 Å². The monoisotopic (exact) mass is 307 g/mol. The molecule has 1 saturated carbocycles. The van der Waals surface area contributed by atoms with Crippen LogP contribution in [0.5, 0.6) is 5.75 Å². The highest BCUT2D eigenvalue weighted by atomic mass is 32.2. The van der Waals surface area contributed by atoms with Crippen molar-refractivity contribution >= 4 is 11.8 Å². The normalized spacial score (nSPS) is 18.9. The van der Waals surface area contributed by atoms with Crippen molar-refractivity contribution in [3.8, 4) is 5.75 Å². The van der Waals surface area contributed by atoms with Crippen molar-refractivity contribution in [1.82, 2.24) is 5.32 Å². The third-order valence-electron chi connectivity index (χ3n) is 4.43. The van der Waals surface area contributed by atoms with Crippen LogP contribution in [0.1, 0.15) is 58.1 Å². The number of hydrogen-bond donors (Lipinski definition) is 1. The summed E-state index contributed by atoms with van der Waals surface area (Å²) in [6.45, 7) is 7.48. The lowest BCUT2D eigenvalue weighted by Crippen LogP contribution is -2.36. The first-order chi connectivity index (χ1) is 10.0. The van der Waals surface area contributed by atoms with E-state index >= 15 is 0 Å². The molecule has 1 aromatic rings. The first kappa shape index (κ1) is 16.7.